The summed E-state index contributed by atoms with van der Waals surface area (Å²) in [6.45, 7) is 2.56. The van der Waals surface area contributed by atoms with E-state index in [4.69, 9.17) is 4.74 Å². The fraction of sp³-hybridized carbons (Fsp3) is 0.400. The summed E-state index contributed by atoms with van der Waals surface area (Å²) in [6, 6.07) is 6.70. The molecular weight excluding hydrogens is 344 g/mol. The largest absolute Gasteiger partial charge is 0.497 e. The van der Waals surface area contributed by atoms with Crippen molar-refractivity contribution in [2.45, 2.75) is 24.9 Å². The Kier molecular flexibility index (Phi) is 7.20. The number of hydrogen-bond acceptors (Lipinski definition) is 7. The van der Waals surface area contributed by atoms with Crippen LogP contribution < -0.4 is 15.4 Å². The van der Waals surface area contributed by atoms with Gasteiger partial charge in [0.2, 0.25) is 11.1 Å². The van der Waals surface area contributed by atoms with Gasteiger partial charge in [0.15, 0.2) is 0 Å². The van der Waals surface area contributed by atoms with Crippen LogP contribution in [0.2, 0.25) is 0 Å². The van der Waals surface area contributed by atoms with Crippen LogP contribution in [0, 0.1) is 0 Å². The molecule has 0 spiro atoms. The van der Waals surface area contributed by atoms with Crippen LogP contribution in [0.25, 0.3) is 5.69 Å². The van der Waals surface area contributed by atoms with Crippen molar-refractivity contribution in [1.29, 1.82) is 0 Å². The van der Waals surface area contributed by atoms with E-state index >= 15 is 0 Å². The Labute approximate surface area is 149 Å². The molecule has 0 bridgehead atoms. The summed E-state index contributed by atoms with van der Waals surface area (Å²) in [5.41, 5.74) is 0.742. The van der Waals surface area contributed by atoms with Gasteiger partial charge in [-0.1, -0.05) is 25.1 Å². The molecule has 2 N–H and O–H groups in total. The van der Waals surface area contributed by atoms with Crippen LogP contribution in [0.5, 0.6) is 5.75 Å². The van der Waals surface area contributed by atoms with Crippen molar-refractivity contribution >= 4 is 23.7 Å². The van der Waals surface area contributed by atoms with E-state index in [1.807, 2.05) is 6.92 Å². The SMILES string of the molecule is CCCCNC(=O)NC(=O)CSc1nnnn1-c1ccc(OC)cc1. The van der Waals surface area contributed by atoms with Gasteiger partial charge in [0, 0.05) is 6.54 Å². The van der Waals surface area contributed by atoms with Crippen LogP contribution in [0.15, 0.2) is 29.4 Å². The number of hydrogen-bond donors (Lipinski definition) is 2. The first-order valence-corrected chi connectivity index (χ1v) is 8.76. The van der Waals surface area contributed by atoms with Gasteiger partial charge in [-0.2, -0.15) is 4.68 Å². The number of unbranched alkanes of at least 4 members (excludes halogenated alkanes) is 1. The maximum Gasteiger partial charge on any atom is 0.321 e. The minimum absolute atomic E-state index is 0.0255. The van der Waals surface area contributed by atoms with Crippen molar-refractivity contribution in [3.8, 4) is 11.4 Å². The first-order valence-electron chi connectivity index (χ1n) is 7.77. The molecule has 0 fully saturated rings. The highest BCUT2D eigenvalue weighted by Crippen LogP contribution is 2.20. The molecule has 1 heterocycles. The lowest BCUT2D eigenvalue weighted by molar-refractivity contribution is -0.117. The van der Waals surface area contributed by atoms with Crippen LogP contribution in [0.3, 0.4) is 0 Å². The molecule has 0 saturated heterocycles. The van der Waals surface area contributed by atoms with Crippen LogP contribution >= 0.6 is 11.8 Å². The molecule has 2 rings (SSSR count). The molecule has 0 atom stereocenters. The van der Waals surface area contributed by atoms with Gasteiger partial charge >= 0.3 is 6.03 Å². The number of carbonyl (C=O) groups is 2. The molecule has 1 aromatic carbocycles. The van der Waals surface area contributed by atoms with E-state index in [0.717, 1.165) is 36.0 Å². The maximum absolute atomic E-state index is 11.8. The number of imide groups is 1. The highest BCUT2D eigenvalue weighted by Gasteiger charge is 2.13. The number of tetrazole rings is 1. The number of thioether (sulfide) groups is 1. The predicted molar refractivity (Wildman–Crippen MR) is 92.9 cm³/mol. The molecule has 3 amide bonds. The van der Waals surface area contributed by atoms with Gasteiger partial charge in [-0.15, -0.1) is 5.10 Å². The molecule has 0 aliphatic carbocycles. The number of methoxy groups -OCH3 is 1. The Morgan fingerprint density at radius 3 is 2.72 bits per heavy atom. The quantitative estimate of drug-likeness (QED) is 0.538. The van der Waals surface area contributed by atoms with Gasteiger partial charge in [0.25, 0.3) is 0 Å². The number of aromatic nitrogens is 4. The summed E-state index contributed by atoms with van der Waals surface area (Å²) in [5.74, 6) is 0.334. The number of nitrogens with zero attached hydrogens (tertiary/aromatic N) is 4. The standard InChI is InChI=1S/C15H20N6O3S/c1-3-4-9-16-14(23)17-13(22)10-25-15-18-19-20-21(15)11-5-7-12(24-2)8-6-11/h5-8H,3-4,9-10H2,1-2H3,(H2,16,17,22,23). The van der Waals surface area contributed by atoms with E-state index in [2.05, 4.69) is 26.2 Å². The molecule has 0 saturated carbocycles. The Balaban J connectivity index is 1.88. The molecule has 1 aromatic heterocycles. The zero-order chi connectivity index (χ0) is 18.1. The lowest BCUT2D eigenvalue weighted by atomic mass is 10.3. The number of ether oxygens (including phenoxy) is 1. The second kappa shape index (κ2) is 9.62. The van der Waals surface area contributed by atoms with E-state index in [1.54, 1.807) is 31.4 Å². The van der Waals surface area contributed by atoms with E-state index in [0.29, 0.717) is 11.7 Å². The Bertz CT molecular complexity index is 704. The minimum atomic E-state index is -0.492. The van der Waals surface area contributed by atoms with Crippen molar-refractivity contribution in [3.63, 3.8) is 0 Å². The van der Waals surface area contributed by atoms with Gasteiger partial charge < -0.3 is 10.1 Å². The number of carbonyl (C=O) groups excluding carboxylic acids is 2. The fourth-order valence-corrected chi connectivity index (χ4v) is 2.56. The smallest absolute Gasteiger partial charge is 0.321 e. The molecule has 0 aliphatic heterocycles. The molecule has 25 heavy (non-hydrogen) atoms. The predicted octanol–water partition coefficient (Wildman–Crippen LogP) is 1.39. The summed E-state index contributed by atoms with van der Waals surface area (Å²) >= 11 is 1.14. The first-order chi connectivity index (χ1) is 12.1. The van der Waals surface area contributed by atoms with Crippen molar-refractivity contribution in [2.75, 3.05) is 19.4 Å². The summed E-state index contributed by atoms with van der Waals surface area (Å²) in [6.07, 6.45) is 1.84. The van der Waals surface area contributed by atoms with Gasteiger partial charge in [0.1, 0.15) is 5.75 Å². The molecule has 134 valence electrons. The van der Waals surface area contributed by atoms with E-state index in [1.165, 1.54) is 4.68 Å². The maximum atomic E-state index is 11.8. The van der Waals surface area contributed by atoms with E-state index in [9.17, 15) is 9.59 Å². The summed E-state index contributed by atoms with van der Waals surface area (Å²) < 4.78 is 6.62. The average molecular weight is 364 g/mol. The average Bonchev–Trinajstić information content (AvgIpc) is 3.09. The fourth-order valence-electron chi connectivity index (χ4n) is 1.87. The van der Waals surface area contributed by atoms with E-state index in [-0.39, 0.29) is 5.75 Å². The van der Waals surface area contributed by atoms with Gasteiger partial charge in [-0.05, 0) is 41.1 Å². The first kappa shape index (κ1) is 18.7. The van der Waals surface area contributed by atoms with Crippen molar-refractivity contribution in [2.24, 2.45) is 0 Å². The molecule has 0 unspecified atom stereocenters. The molecule has 2 aromatic rings. The third-order valence-corrected chi connectivity index (χ3v) is 4.08. The zero-order valence-corrected chi connectivity index (χ0v) is 14.9. The third kappa shape index (κ3) is 5.75. The van der Waals surface area contributed by atoms with Crippen LogP contribution in [0.1, 0.15) is 19.8 Å². The van der Waals surface area contributed by atoms with E-state index < -0.39 is 11.9 Å². The number of amides is 3. The third-order valence-electron chi connectivity index (χ3n) is 3.16. The second-order valence-electron chi connectivity index (χ2n) is 5.02. The summed E-state index contributed by atoms with van der Waals surface area (Å²) in [7, 11) is 1.59. The van der Waals surface area contributed by atoms with Crippen molar-refractivity contribution in [1.82, 2.24) is 30.8 Å². The lowest BCUT2D eigenvalue weighted by Crippen LogP contribution is -2.40. The molecular formula is C15H20N6O3S. The zero-order valence-electron chi connectivity index (χ0n) is 14.1. The summed E-state index contributed by atoms with van der Waals surface area (Å²) in [5, 5.41) is 16.8. The van der Waals surface area contributed by atoms with Crippen LogP contribution in [0.4, 0.5) is 4.79 Å². The molecule has 9 nitrogen and oxygen atoms in total. The number of nitrogens with one attached hydrogen (secondary N) is 2. The Hall–Kier alpha value is -2.62. The number of urea groups is 1. The van der Waals surface area contributed by atoms with Gasteiger partial charge in [-0.3, -0.25) is 10.1 Å². The highest BCUT2D eigenvalue weighted by molar-refractivity contribution is 7.99. The number of benzene rings is 1. The number of rotatable bonds is 8. The molecule has 0 radical (unpaired) electrons. The van der Waals surface area contributed by atoms with Crippen LogP contribution in [-0.4, -0.2) is 51.6 Å². The lowest BCUT2D eigenvalue weighted by Gasteiger charge is -2.07. The second-order valence-corrected chi connectivity index (χ2v) is 5.96. The Morgan fingerprint density at radius 2 is 2.04 bits per heavy atom. The molecule has 10 heteroatoms. The Morgan fingerprint density at radius 1 is 1.28 bits per heavy atom. The van der Waals surface area contributed by atoms with Crippen molar-refractivity contribution in [3.05, 3.63) is 24.3 Å². The van der Waals surface area contributed by atoms with Gasteiger partial charge in [-0.25, -0.2) is 4.79 Å². The monoisotopic (exact) mass is 364 g/mol. The summed E-state index contributed by atoms with van der Waals surface area (Å²) in [4.78, 5) is 23.4. The van der Waals surface area contributed by atoms with Crippen LogP contribution in [-0.2, 0) is 4.79 Å². The molecule has 0 aliphatic rings. The minimum Gasteiger partial charge on any atom is -0.497 e. The normalized spacial score (nSPS) is 10.3. The topological polar surface area (TPSA) is 111 Å². The van der Waals surface area contributed by atoms with Gasteiger partial charge in [0.05, 0.1) is 18.6 Å². The van der Waals surface area contributed by atoms with Crippen molar-refractivity contribution < 1.29 is 14.3 Å². The highest BCUT2D eigenvalue weighted by atomic mass is 32.2.